The van der Waals surface area contributed by atoms with Crippen LogP contribution >= 0.6 is 35.4 Å². The van der Waals surface area contributed by atoms with E-state index in [1.807, 2.05) is 12.1 Å². The highest BCUT2D eigenvalue weighted by atomic mass is 35.5. The van der Waals surface area contributed by atoms with Gasteiger partial charge in [-0.05, 0) is 72.9 Å². The van der Waals surface area contributed by atoms with Crippen LogP contribution in [0.4, 0.5) is 5.69 Å². The van der Waals surface area contributed by atoms with Crippen molar-refractivity contribution in [2.75, 3.05) is 5.32 Å². The number of rotatable bonds is 5. The van der Waals surface area contributed by atoms with Crippen molar-refractivity contribution in [1.29, 1.82) is 0 Å². The van der Waals surface area contributed by atoms with Crippen molar-refractivity contribution < 1.29 is 13.6 Å². The highest BCUT2D eigenvalue weighted by Crippen LogP contribution is 2.34. The molecule has 0 aliphatic carbocycles. The second-order valence-electron chi connectivity index (χ2n) is 7.52. The van der Waals surface area contributed by atoms with Crippen LogP contribution in [-0.4, -0.2) is 21.0 Å². The zero-order valence-corrected chi connectivity index (χ0v) is 20.7. The first-order valence-electron chi connectivity index (χ1n) is 10.6. The summed E-state index contributed by atoms with van der Waals surface area (Å²) in [6, 6.07) is 17.8. The molecule has 0 fully saturated rings. The van der Waals surface area contributed by atoms with Gasteiger partial charge in [0.1, 0.15) is 17.0 Å². The van der Waals surface area contributed by atoms with Crippen LogP contribution in [0.1, 0.15) is 5.76 Å². The predicted octanol–water partition coefficient (Wildman–Crippen LogP) is 6.98. The number of nitrogens with zero attached hydrogens (tertiary/aromatic N) is 2. The molecule has 0 aliphatic rings. The van der Waals surface area contributed by atoms with Gasteiger partial charge in [-0.1, -0.05) is 29.3 Å². The summed E-state index contributed by atoms with van der Waals surface area (Å²) in [4.78, 5) is 20.9. The van der Waals surface area contributed by atoms with Gasteiger partial charge in [-0.2, -0.15) is 0 Å². The molecule has 2 N–H and O–H groups in total. The molecule has 0 saturated heterocycles. The van der Waals surface area contributed by atoms with Crippen LogP contribution in [-0.2, 0) is 4.79 Å². The topological polar surface area (TPSA) is 93.2 Å². The molecule has 5 aromatic rings. The van der Waals surface area contributed by atoms with Gasteiger partial charge in [0, 0.05) is 29.7 Å². The molecule has 0 spiro atoms. The lowest BCUT2D eigenvalue weighted by Crippen LogP contribution is -2.32. The Labute approximate surface area is 220 Å². The Kier molecular flexibility index (Phi) is 6.81. The van der Waals surface area contributed by atoms with E-state index in [0.717, 1.165) is 5.56 Å². The second kappa shape index (κ2) is 10.3. The maximum atomic E-state index is 12.3. The molecule has 2 aromatic carbocycles. The number of aromatic nitrogens is 2. The van der Waals surface area contributed by atoms with Crippen molar-refractivity contribution >= 4 is 69.3 Å². The van der Waals surface area contributed by atoms with E-state index in [1.54, 1.807) is 60.9 Å². The Morgan fingerprint density at radius 2 is 1.92 bits per heavy atom. The van der Waals surface area contributed by atoms with Gasteiger partial charge >= 0.3 is 0 Å². The number of oxazole rings is 1. The van der Waals surface area contributed by atoms with Crippen molar-refractivity contribution in [3.63, 3.8) is 0 Å². The standard InChI is InChI=1S/C26H16Cl2N4O3S/c27-19-5-1-4-18(24(19)28)21-10-7-17(34-21)8-11-23(33)32-26(36)30-16-6-9-22-20(13-16)31-25(35-22)15-3-2-12-29-14-15/h1-14H,(H2,30,32,33,36). The highest BCUT2D eigenvalue weighted by Gasteiger charge is 2.12. The van der Waals surface area contributed by atoms with Crippen molar-refractivity contribution in [1.82, 2.24) is 15.3 Å². The molecule has 0 atom stereocenters. The first-order valence-corrected chi connectivity index (χ1v) is 11.8. The van der Waals surface area contributed by atoms with Crippen LogP contribution in [0.15, 0.2) is 88.0 Å². The zero-order valence-electron chi connectivity index (χ0n) is 18.4. The normalized spacial score (nSPS) is 11.2. The molecule has 0 unspecified atom stereocenters. The first kappa shape index (κ1) is 23.7. The van der Waals surface area contributed by atoms with Gasteiger partial charge in [-0.3, -0.25) is 15.1 Å². The molecule has 0 saturated carbocycles. The highest BCUT2D eigenvalue weighted by molar-refractivity contribution is 7.80. The number of hydrogen-bond donors (Lipinski definition) is 2. The van der Waals surface area contributed by atoms with E-state index in [2.05, 4.69) is 20.6 Å². The summed E-state index contributed by atoms with van der Waals surface area (Å²) in [5, 5.41) is 6.52. The average molecular weight is 535 g/mol. The van der Waals surface area contributed by atoms with Crippen LogP contribution in [0.2, 0.25) is 10.0 Å². The summed E-state index contributed by atoms with van der Waals surface area (Å²) in [5.41, 5.74) is 3.35. The maximum absolute atomic E-state index is 12.3. The fourth-order valence-electron chi connectivity index (χ4n) is 3.37. The van der Waals surface area contributed by atoms with Crippen LogP contribution < -0.4 is 10.6 Å². The molecule has 1 amide bonds. The van der Waals surface area contributed by atoms with E-state index < -0.39 is 5.91 Å². The Morgan fingerprint density at radius 1 is 1.03 bits per heavy atom. The molecule has 0 radical (unpaired) electrons. The molecule has 0 bridgehead atoms. The van der Waals surface area contributed by atoms with Crippen LogP contribution in [0.5, 0.6) is 0 Å². The molecule has 7 nitrogen and oxygen atoms in total. The summed E-state index contributed by atoms with van der Waals surface area (Å²) in [5.74, 6) is 1.05. The van der Waals surface area contributed by atoms with Crippen molar-refractivity contribution in [2.45, 2.75) is 0 Å². The molecular formula is C26H16Cl2N4O3S. The van der Waals surface area contributed by atoms with Crippen LogP contribution in [0.25, 0.3) is 40.0 Å². The minimum atomic E-state index is -0.424. The van der Waals surface area contributed by atoms with Crippen LogP contribution in [0, 0.1) is 0 Å². The van der Waals surface area contributed by atoms with E-state index in [-0.39, 0.29) is 5.11 Å². The predicted molar refractivity (Wildman–Crippen MR) is 145 cm³/mol. The molecule has 5 rings (SSSR count). The smallest absolute Gasteiger partial charge is 0.250 e. The molecule has 10 heteroatoms. The fraction of sp³-hybridized carbons (Fsp3) is 0. The Balaban J connectivity index is 1.21. The second-order valence-corrected chi connectivity index (χ2v) is 8.72. The van der Waals surface area contributed by atoms with Gasteiger partial charge in [0.25, 0.3) is 0 Å². The summed E-state index contributed by atoms with van der Waals surface area (Å²) in [7, 11) is 0. The van der Waals surface area contributed by atoms with E-state index >= 15 is 0 Å². The monoisotopic (exact) mass is 534 g/mol. The Hall–Kier alpha value is -3.98. The van der Waals surface area contributed by atoms with E-state index in [1.165, 1.54) is 12.2 Å². The number of nitrogens with one attached hydrogen (secondary N) is 2. The summed E-state index contributed by atoms with van der Waals surface area (Å²) < 4.78 is 11.5. The number of halogens is 2. The first-order chi connectivity index (χ1) is 17.5. The zero-order chi connectivity index (χ0) is 25.1. The quantitative estimate of drug-likeness (QED) is 0.185. The maximum Gasteiger partial charge on any atom is 0.250 e. The van der Waals surface area contributed by atoms with E-state index in [9.17, 15) is 4.79 Å². The number of thiocarbonyl (C=S) groups is 1. The molecule has 36 heavy (non-hydrogen) atoms. The van der Waals surface area contributed by atoms with Gasteiger partial charge in [0.15, 0.2) is 10.7 Å². The number of carbonyl (C=O) groups excluding carboxylic acids is 1. The Morgan fingerprint density at radius 3 is 2.75 bits per heavy atom. The number of fused-ring (bicyclic) bond motifs is 1. The third kappa shape index (κ3) is 5.31. The summed E-state index contributed by atoms with van der Waals surface area (Å²) in [6.07, 6.45) is 6.21. The molecule has 178 valence electrons. The number of carbonyl (C=O) groups is 1. The van der Waals surface area contributed by atoms with Crippen LogP contribution in [0.3, 0.4) is 0 Å². The van der Waals surface area contributed by atoms with Gasteiger partial charge in [-0.25, -0.2) is 4.98 Å². The number of benzene rings is 2. The third-order valence-electron chi connectivity index (χ3n) is 5.03. The summed E-state index contributed by atoms with van der Waals surface area (Å²) in [6.45, 7) is 0. The molecular weight excluding hydrogens is 519 g/mol. The van der Waals surface area contributed by atoms with E-state index in [0.29, 0.717) is 49.8 Å². The largest absolute Gasteiger partial charge is 0.457 e. The average Bonchev–Trinajstić information content (AvgIpc) is 3.52. The van der Waals surface area contributed by atoms with Crippen molar-refractivity contribution in [3.8, 4) is 22.8 Å². The van der Waals surface area contributed by atoms with E-state index in [4.69, 9.17) is 44.3 Å². The van der Waals surface area contributed by atoms with Crippen molar-refractivity contribution in [3.05, 3.63) is 94.9 Å². The minimum Gasteiger partial charge on any atom is -0.457 e. The molecule has 0 aliphatic heterocycles. The lowest BCUT2D eigenvalue weighted by Gasteiger charge is -2.07. The minimum absolute atomic E-state index is 0.130. The lowest BCUT2D eigenvalue weighted by molar-refractivity contribution is -0.115. The number of hydrogen-bond acceptors (Lipinski definition) is 6. The SMILES string of the molecule is O=C(C=Cc1ccc(-c2cccc(Cl)c2Cl)o1)NC(=S)Nc1ccc2oc(-c3cccnc3)nc2c1. The Bertz CT molecular complexity index is 1610. The number of amides is 1. The lowest BCUT2D eigenvalue weighted by atomic mass is 10.2. The number of anilines is 1. The van der Waals surface area contributed by atoms with Gasteiger partial charge in [0.05, 0.1) is 15.6 Å². The molecule has 3 aromatic heterocycles. The van der Waals surface area contributed by atoms with Gasteiger partial charge in [0.2, 0.25) is 11.8 Å². The fourth-order valence-corrected chi connectivity index (χ4v) is 3.99. The number of furan rings is 1. The number of pyridine rings is 1. The van der Waals surface area contributed by atoms with Gasteiger partial charge < -0.3 is 14.2 Å². The summed E-state index contributed by atoms with van der Waals surface area (Å²) >= 11 is 17.6. The molecule has 3 heterocycles. The third-order valence-corrected chi connectivity index (χ3v) is 6.06. The van der Waals surface area contributed by atoms with Crippen molar-refractivity contribution in [2.24, 2.45) is 0 Å². The van der Waals surface area contributed by atoms with Gasteiger partial charge in [-0.15, -0.1) is 0 Å².